The van der Waals surface area contributed by atoms with Crippen molar-refractivity contribution in [3.05, 3.63) is 35.9 Å². The van der Waals surface area contributed by atoms with E-state index < -0.39 is 0 Å². The van der Waals surface area contributed by atoms with E-state index >= 15 is 0 Å². The maximum atomic E-state index is 5.48. The number of morpholine rings is 1. The van der Waals surface area contributed by atoms with Gasteiger partial charge >= 0.3 is 0 Å². The molecule has 0 N–H and O–H groups in total. The molecule has 0 amide bonds. The smallest absolute Gasteiger partial charge is 0.0594 e. The van der Waals surface area contributed by atoms with Crippen molar-refractivity contribution in [3.8, 4) is 0 Å². The Morgan fingerprint density at radius 1 is 0.900 bits per heavy atom. The maximum absolute atomic E-state index is 5.48. The molecule has 3 rings (SSSR count). The van der Waals surface area contributed by atoms with E-state index in [1.807, 2.05) is 0 Å². The lowest BCUT2D eigenvalue weighted by Gasteiger charge is -2.39. The van der Waals surface area contributed by atoms with Crippen molar-refractivity contribution in [2.75, 3.05) is 45.9 Å². The summed E-state index contributed by atoms with van der Waals surface area (Å²) in [5, 5.41) is 0. The minimum Gasteiger partial charge on any atom is -0.379 e. The van der Waals surface area contributed by atoms with Gasteiger partial charge in [-0.2, -0.15) is 0 Å². The highest BCUT2D eigenvalue weighted by Gasteiger charge is 2.25. The van der Waals surface area contributed by atoms with Gasteiger partial charge in [-0.15, -0.1) is 0 Å². The first-order chi connectivity index (χ1) is 9.93. The predicted octanol–water partition coefficient (Wildman–Crippen LogP) is 2.55. The number of hydrogen-bond acceptors (Lipinski definition) is 3. The Morgan fingerprint density at radius 3 is 2.30 bits per heavy atom. The minimum atomic E-state index is 0.551. The van der Waals surface area contributed by atoms with Crippen LogP contribution in [0.5, 0.6) is 0 Å². The Kier molecular flexibility index (Phi) is 5.06. The third kappa shape index (κ3) is 3.60. The van der Waals surface area contributed by atoms with Gasteiger partial charge in [0.25, 0.3) is 0 Å². The maximum Gasteiger partial charge on any atom is 0.0594 e. The van der Waals surface area contributed by atoms with Gasteiger partial charge in [0.2, 0.25) is 0 Å². The summed E-state index contributed by atoms with van der Waals surface area (Å²) in [5.74, 6) is 0. The van der Waals surface area contributed by atoms with Gasteiger partial charge in [0.15, 0.2) is 0 Å². The van der Waals surface area contributed by atoms with Crippen LogP contribution < -0.4 is 0 Å². The molecule has 0 aromatic heterocycles. The number of piperidine rings is 1. The molecule has 3 heteroatoms. The summed E-state index contributed by atoms with van der Waals surface area (Å²) in [7, 11) is 0. The van der Waals surface area contributed by atoms with E-state index in [0.29, 0.717) is 6.04 Å². The summed E-state index contributed by atoms with van der Waals surface area (Å²) in [4.78, 5) is 5.25. The number of benzene rings is 1. The summed E-state index contributed by atoms with van der Waals surface area (Å²) >= 11 is 0. The molecule has 2 aliphatic rings. The molecule has 0 bridgehead atoms. The largest absolute Gasteiger partial charge is 0.379 e. The van der Waals surface area contributed by atoms with Crippen molar-refractivity contribution in [1.29, 1.82) is 0 Å². The lowest BCUT2D eigenvalue weighted by Crippen LogP contribution is -2.44. The van der Waals surface area contributed by atoms with E-state index in [1.165, 1.54) is 37.9 Å². The van der Waals surface area contributed by atoms with Crippen molar-refractivity contribution in [1.82, 2.24) is 9.80 Å². The highest BCUT2D eigenvalue weighted by atomic mass is 16.5. The quantitative estimate of drug-likeness (QED) is 0.839. The van der Waals surface area contributed by atoms with Crippen LogP contribution in [-0.4, -0.2) is 55.7 Å². The molecule has 2 fully saturated rings. The fourth-order valence-electron chi connectivity index (χ4n) is 3.37. The molecule has 2 heterocycles. The molecular formula is C17H26N2O. The van der Waals surface area contributed by atoms with Crippen LogP contribution in [0, 0.1) is 0 Å². The van der Waals surface area contributed by atoms with Gasteiger partial charge in [-0.05, 0) is 31.5 Å². The van der Waals surface area contributed by atoms with Crippen LogP contribution in [0.25, 0.3) is 0 Å². The zero-order chi connectivity index (χ0) is 13.6. The van der Waals surface area contributed by atoms with Crippen LogP contribution in [0.3, 0.4) is 0 Å². The van der Waals surface area contributed by atoms with Crippen molar-refractivity contribution < 1.29 is 4.74 Å². The Labute approximate surface area is 122 Å². The summed E-state index contributed by atoms with van der Waals surface area (Å²) < 4.78 is 5.48. The molecule has 110 valence electrons. The number of likely N-dealkylation sites (tertiary alicyclic amines) is 1. The highest BCUT2D eigenvalue weighted by Crippen LogP contribution is 2.25. The lowest BCUT2D eigenvalue weighted by atomic mass is 10.0. The van der Waals surface area contributed by atoms with Gasteiger partial charge < -0.3 is 4.74 Å². The number of hydrogen-bond donors (Lipinski definition) is 0. The van der Waals surface area contributed by atoms with Crippen molar-refractivity contribution in [2.45, 2.75) is 25.3 Å². The van der Waals surface area contributed by atoms with Gasteiger partial charge in [-0.3, -0.25) is 9.80 Å². The third-order valence-electron chi connectivity index (χ3n) is 4.55. The highest BCUT2D eigenvalue weighted by molar-refractivity contribution is 5.19. The molecule has 0 saturated carbocycles. The predicted molar refractivity (Wildman–Crippen MR) is 81.9 cm³/mol. The van der Waals surface area contributed by atoms with Gasteiger partial charge in [0, 0.05) is 25.7 Å². The molecule has 0 unspecified atom stereocenters. The molecule has 2 saturated heterocycles. The van der Waals surface area contributed by atoms with E-state index in [4.69, 9.17) is 4.74 Å². The second kappa shape index (κ2) is 7.21. The van der Waals surface area contributed by atoms with Crippen LogP contribution in [0.1, 0.15) is 30.9 Å². The zero-order valence-corrected chi connectivity index (χ0v) is 12.3. The fourth-order valence-corrected chi connectivity index (χ4v) is 3.37. The number of nitrogens with zero attached hydrogens (tertiary/aromatic N) is 2. The van der Waals surface area contributed by atoms with Crippen LogP contribution in [0.15, 0.2) is 30.3 Å². The van der Waals surface area contributed by atoms with Crippen molar-refractivity contribution in [2.24, 2.45) is 0 Å². The Morgan fingerprint density at radius 2 is 1.60 bits per heavy atom. The summed E-state index contributed by atoms with van der Waals surface area (Å²) in [6.45, 7) is 7.60. The molecule has 0 aliphatic carbocycles. The van der Waals surface area contributed by atoms with Crippen LogP contribution >= 0.6 is 0 Å². The first kappa shape index (κ1) is 14.1. The second-order valence-electron chi connectivity index (χ2n) is 5.94. The SMILES string of the molecule is c1ccc([C@@H](CN2CCOCC2)N2CCCCC2)cc1. The summed E-state index contributed by atoms with van der Waals surface area (Å²) in [6, 6.07) is 11.6. The molecular weight excluding hydrogens is 248 g/mol. The van der Waals surface area contributed by atoms with Crippen molar-refractivity contribution in [3.63, 3.8) is 0 Å². The molecule has 3 nitrogen and oxygen atoms in total. The number of ether oxygens (including phenoxy) is 1. The second-order valence-corrected chi connectivity index (χ2v) is 5.94. The Bertz CT molecular complexity index is 383. The normalized spacial score (nSPS) is 23.6. The molecule has 1 aromatic carbocycles. The lowest BCUT2D eigenvalue weighted by molar-refractivity contribution is 0.0197. The average Bonchev–Trinajstić information content (AvgIpc) is 2.55. The van der Waals surface area contributed by atoms with E-state index in [9.17, 15) is 0 Å². The molecule has 0 radical (unpaired) electrons. The summed E-state index contributed by atoms with van der Waals surface area (Å²) in [6.07, 6.45) is 4.11. The molecule has 1 atom stereocenters. The fraction of sp³-hybridized carbons (Fsp3) is 0.647. The van der Waals surface area contributed by atoms with Crippen LogP contribution in [0.4, 0.5) is 0 Å². The van der Waals surface area contributed by atoms with E-state index in [-0.39, 0.29) is 0 Å². The Balaban J connectivity index is 1.72. The summed E-state index contributed by atoms with van der Waals surface area (Å²) in [5.41, 5.74) is 1.47. The molecule has 1 aromatic rings. The average molecular weight is 274 g/mol. The molecule has 20 heavy (non-hydrogen) atoms. The van der Waals surface area contributed by atoms with E-state index in [0.717, 1.165) is 32.8 Å². The van der Waals surface area contributed by atoms with Gasteiger partial charge in [0.1, 0.15) is 0 Å². The van der Waals surface area contributed by atoms with Crippen LogP contribution in [0.2, 0.25) is 0 Å². The van der Waals surface area contributed by atoms with E-state index in [2.05, 4.69) is 40.1 Å². The third-order valence-corrected chi connectivity index (χ3v) is 4.55. The van der Waals surface area contributed by atoms with Crippen molar-refractivity contribution >= 4 is 0 Å². The van der Waals surface area contributed by atoms with E-state index in [1.54, 1.807) is 0 Å². The first-order valence-corrected chi connectivity index (χ1v) is 8.02. The van der Waals surface area contributed by atoms with Gasteiger partial charge in [0.05, 0.1) is 13.2 Å². The minimum absolute atomic E-state index is 0.551. The zero-order valence-electron chi connectivity index (χ0n) is 12.3. The van der Waals surface area contributed by atoms with Gasteiger partial charge in [-0.25, -0.2) is 0 Å². The monoisotopic (exact) mass is 274 g/mol. The standard InChI is InChI=1S/C17H26N2O/c1-3-7-16(8-4-1)17(19-9-5-2-6-10-19)15-18-11-13-20-14-12-18/h1,3-4,7-8,17H,2,5-6,9-15H2/t17-/m1/s1. The Hall–Kier alpha value is -0.900. The topological polar surface area (TPSA) is 15.7 Å². The number of rotatable bonds is 4. The van der Waals surface area contributed by atoms with Gasteiger partial charge in [-0.1, -0.05) is 36.8 Å². The molecule has 2 aliphatic heterocycles. The molecule has 0 spiro atoms. The van der Waals surface area contributed by atoms with Crippen LogP contribution in [-0.2, 0) is 4.74 Å². The first-order valence-electron chi connectivity index (χ1n) is 8.02.